The number of hydrogen-bond acceptors (Lipinski definition) is 3. The van der Waals surface area contributed by atoms with Gasteiger partial charge in [-0.2, -0.15) is 0 Å². The Morgan fingerprint density at radius 3 is 1.75 bits per heavy atom. The van der Waals surface area contributed by atoms with Gasteiger partial charge in [0.1, 0.15) is 0 Å². The molecule has 0 rings (SSSR count). The summed E-state index contributed by atoms with van der Waals surface area (Å²) in [6, 6.07) is 0. The normalized spacial score (nSPS) is 10.9. The molecule has 0 unspecified atom stereocenters. The molecule has 3 nitrogen and oxygen atoms in total. The van der Waals surface area contributed by atoms with Crippen molar-refractivity contribution in [2.45, 2.75) is 0 Å². The molecule has 0 atom stereocenters. The molecule has 0 spiro atoms. The molecule has 8 heavy (non-hydrogen) atoms. The van der Waals surface area contributed by atoms with Crippen LogP contribution in [0.1, 0.15) is 0 Å². The molecule has 0 aromatic rings. The number of rotatable bonds is 4. The fraction of sp³-hybridized carbons (Fsp3) is 1.00. The Labute approximate surface area is 57.7 Å². The van der Waals surface area contributed by atoms with Crippen molar-refractivity contribution < 1.29 is 10.2 Å². The quantitative estimate of drug-likeness (QED) is 0.472. The first-order chi connectivity index (χ1) is 3.81. The SMILES string of the molecule is OCC[N]([GeH3])CCO. The van der Waals surface area contributed by atoms with Crippen LogP contribution < -0.4 is 0 Å². The topological polar surface area (TPSA) is 43.7 Å². The summed E-state index contributed by atoms with van der Waals surface area (Å²) >= 11 is 0.596. The van der Waals surface area contributed by atoms with E-state index in [1.54, 1.807) is 0 Å². The summed E-state index contributed by atoms with van der Waals surface area (Å²) < 4.78 is 2.05. The van der Waals surface area contributed by atoms with Crippen LogP contribution in [0.15, 0.2) is 0 Å². The Hall–Kier alpha value is 0.423. The molecule has 0 aliphatic rings. The number of aliphatic hydroxyl groups is 2. The van der Waals surface area contributed by atoms with Crippen LogP contribution in [0, 0.1) is 0 Å². The van der Waals surface area contributed by atoms with Gasteiger partial charge in [-0.05, 0) is 0 Å². The summed E-state index contributed by atoms with van der Waals surface area (Å²) in [6.07, 6.45) is 0. The average molecular weight is 180 g/mol. The van der Waals surface area contributed by atoms with E-state index >= 15 is 0 Å². The first kappa shape index (κ1) is 8.42. The number of nitrogens with zero attached hydrogens (tertiary/aromatic N) is 1. The molecular weight excluding hydrogens is 167 g/mol. The number of hydrogen-bond donors (Lipinski definition) is 2. The van der Waals surface area contributed by atoms with Crippen molar-refractivity contribution in [3.8, 4) is 0 Å². The zero-order valence-corrected chi connectivity index (χ0v) is 9.37. The third kappa shape index (κ3) is 4.58. The van der Waals surface area contributed by atoms with Gasteiger partial charge in [-0.3, -0.25) is 0 Å². The summed E-state index contributed by atoms with van der Waals surface area (Å²) in [4.78, 5) is 0. The zero-order valence-electron chi connectivity index (χ0n) is 5.17. The van der Waals surface area contributed by atoms with Crippen LogP contribution in [-0.4, -0.2) is 57.1 Å². The molecule has 0 amide bonds. The molecular formula is C4H13GeNO2. The van der Waals surface area contributed by atoms with Crippen LogP contribution in [0.25, 0.3) is 0 Å². The molecule has 0 aromatic heterocycles. The Balaban J connectivity index is 2.92. The van der Waals surface area contributed by atoms with Crippen molar-refractivity contribution in [2.75, 3.05) is 26.3 Å². The average Bonchev–Trinajstić information content (AvgIpc) is 1.68. The van der Waals surface area contributed by atoms with Crippen LogP contribution in [0.4, 0.5) is 0 Å². The molecule has 0 heterocycles. The van der Waals surface area contributed by atoms with Gasteiger partial charge in [0, 0.05) is 0 Å². The van der Waals surface area contributed by atoms with E-state index in [1.807, 2.05) is 3.86 Å². The van der Waals surface area contributed by atoms with Gasteiger partial charge in [0.2, 0.25) is 0 Å². The van der Waals surface area contributed by atoms with E-state index in [0.717, 1.165) is 13.1 Å². The molecule has 0 fully saturated rings. The Morgan fingerprint density at radius 2 is 1.50 bits per heavy atom. The van der Waals surface area contributed by atoms with E-state index in [-0.39, 0.29) is 13.2 Å². The van der Waals surface area contributed by atoms with Crippen molar-refractivity contribution in [3.63, 3.8) is 0 Å². The van der Waals surface area contributed by atoms with Gasteiger partial charge in [0.05, 0.1) is 0 Å². The van der Waals surface area contributed by atoms with Gasteiger partial charge < -0.3 is 0 Å². The summed E-state index contributed by atoms with van der Waals surface area (Å²) in [5.41, 5.74) is 0. The van der Waals surface area contributed by atoms with Gasteiger partial charge in [0.15, 0.2) is 0 Å². The molecule has 0 aromatic carbocycles. The van der Waals surface area contributed by atoms with E-state index in [9.17, 15) is 0 Å². The van der Waals surface area contributed by atoms with Gasteiger partial charge in [-0.1, -0.05) is 0 Å². The standard InChI is InChI=1S/C4H13GeNO2/c5-6(1-3-7)2-4-8/h7-8H,1-4H2,5H3. The van der Waals surface area contributed by atoms with Crippen molar-refractivity contribution in [3.05, 3.63) is 0 Å². The molecule has 0 saturated heterocycles. The summed E-state index contributed by atoms with van der Waals surface area (Å²) in [5, 5.41) is 16.7. The van der Waals surface area contributed by atoms with Crippen LogP contribution in [0.2, 0.25) is 0 Å². The van der Waals surface area contributed by atoms with Gasteiger partial charge in [-0.25, -0.2) is 0 Å². The predicted octanol–water partition coefficient (Wildman–Crippen LogP) is -2.45. The Bertz CT molecular complexity index is 47.3. The van der Waals surface area contributed by atoms with Crippen molar-refractivity contribution >= 4 is 16.7 Å². The maximum absolute atomic E-state index is 8.37. The van der Waals surface area contributed by atoms with Crippen molar-refractivity contribution in [1.82, 2.24) is 3.86 Å². The van der Waals surface area contributed by atoms with E-state index in [0.29, 0.717) is 16.7 Å². The van der Waals surface area contributed by atoms with E-state index in [2.05, 4.69) is 0 Å². The Kier molecular flexibility index (Phi) is 5.85. The second-order valence-corrected chi connectivity index (χ2v) is 4.40. The van der Waals surface area contributed by atoms with Gasteiger partial charge in [0.25, 0.3) is 0 Å². The summed E-state index contributed by atoms with van der Waals surface area (Å²) in [6.45, 7) is 1.87. The minimum absolute atomic E-state index is 0.210. The maximum atomic E-state index is 8.37. The molecule has 0 aliphatic heterocycles. The van der Waals surface area contributed by atoms with Crippen LogP contribution in [0.5, 0.6) is 0 Å². The minimum atomic E-state index is 0.210. The second-order valence-electron chi connectivity index (χ2n) is 1.75. The molecule has 0 saturated carbocycles. The van der Waals surface area contributed by atoms with Crippen molar-refractivity contribution in [1.29, 1.82) is 0 Å². The van der Waals surface area contributed by atoms with E-state index in [1.165, 1.54) is 0 Å². The first-order valence-corrected chi connectivity index (χ1v) is 4.59. The van der Waals surface area contributed by atoms with Gasteiger partial charge in [-0.15, -0.1) is 0 Å². The number of aliphatic hydroxyl groups excluding tert-OH is 2. The monoisotopic (exact) mass is 181 g/mol. The van der Waals surface area contributed by atoms with Crippen LogP contribution >= 0.6 is 0 Å². The fourth-order valence-corrected chi connectivity index (χ4v) is 1.29. The van der Waals surface area contributed by atoms with Gasteiger partial charge >= 0.3 is 57.1 Å². The van der Waals surface area contributed by atoms with Crippen LogP contribution in [-0.2, 0) is 0 Å². The Morgan fingerprint density at radius 1 is 1.12 bits per heavy atom. The molecule has 4 heteroatoms. The molecule has 50 valence electrons. The van der Waals surface area contributed by atoms with E-state index in [4.69, 9.17) is 10.2 Å². The third-order valence-corrected chi connectivity index (χ3v) is 2.84. The second kappa shape index (κ2) is 5.56. The molecule has 0 bridgehead atoms. The third-order valence-electron chi connectivity index (χ3n) is 0.963. The predicted molar refractivity (Wildman–Crippen MR) is 35.7 cm³/mol. The van der Waals surface area contributed by atoms with E-state index < -0.39 is 0 Å². The fourth-order valence-electron chi connectivity index (χ4n) is 0.453. The van der Waals surface area contributed by atoms with Crippen LogP contribution in [0.3, 0.4) is 0 Å². The summed E-state index contributed by atoms with van der Waals surface area (Å²) in [7, 11) is 0. The summed E-state index contributed by atoms with van der Waals surface area (Å²) in [5.74, 6) is 0. The first-order valence-electron chi connectivity index (χ1n) is 2.71. The zero-order chi connectivity index (χ0) is 6.41. The van der Waals surface area contributed by atoms with Crippen molar-refractivity contribution in [2.24, 2.45) is 0 Å². The molecule has 2 N–H and O–H groups in total. The molecule has 0 aliphatic carbocycles. The molecule has 0 radical (unpaired) electrons.